The normalized spacial score (nSPS) is 12.4. The molecule has 1 rings (SSSR count). The maximum atomic E-state index is 11.5. The minimum Gasteiger partial charge on any atom is -0.464 e. The molecule has 1 unspecified atom stereocenters. The van der Waals surface area contributed by atoms with Crippen molar-refractivity contribution in [2.24, 2.45) is 11.7 Å². The minimum atomic E-state index is -0.493. The molecule has 0 saturated carbocycles. The van der Waals surface area contributed by atoms with Gasteiger partial charge in [0.25, 0.3) is 0 Å². The lowest BCUT2D eigenvalue weighted by atomic mass is 10.1. The van der Waals surface area contributed by atoms with E-state index in [1.807, 2.05) is 32.0 Å². The predicted octanol–water partition coefficient (Wildman–Crippen LogP) is 2.54. The van der Waals surface area contributed by atoms with Crippen molar-refractivity contribution in [3.05, 3.63) is 35.9 Å². The van der Waals surface area contributed by atoms with Crippen LogP contribution in [0.25, 0.3) is 0 Å². The van der Waals surface area contributed by atoms with E-state index in [9.17, 15) is 4.79 Å². The fraction of sp³-hybridized carbons (Fsp3) is 0.533. The summed E-state index contributed by atoms with van der Waals surface area (Å²) in [6, 6.07) is 9.72. The van der Waals surface area contributed by atoms with Gasteiger partial charge in [0, 0.05) is 0 Å². The van der Waals surface area contributed by atoms with Crippen molar-refractivity contribution in [1.29, 1.82) is 0 Å². The monoisotopic (exact) mass is 249 g/mol. The summed E-state index contributed by atoms with van der Waals surface area (Å²) >= 11 is 0. The second kappa shape index (κ2) is 7.88. The van der Waals surface area contributed by atoms with Crippen LogP contribution in [0.15, 0.2) is 30.3 Å². The number of hydrogen-bond acceptors (Lipinski definition) is 3. The zero-order valence-electron chi connectivity index (χ0n) is 11.3. The van der Waals surface area contributed by atoms with Gasteiger partial charge in [-0.1, -0.05) is 44.2 Å². The smallest absolute Gasteiger partial charge is 0.322 e. The summed E-state index contributed by atoms with van der Waals surface area (Å²) < 4.78 is 5.10. The molecule has 100 valence electrons. The van der Waals surface area contributed by atoms with Gasteiger partial charge in [-0.3, -0.25) is 4.79 Å². The van der Waals surface area contributed by atoms with Crippen LogP contribution in [0, 0.1) is 5.92 Å². The Morgan fingerprint density at radius 2 is 1.94 bits per heavy atom. The second-order valence-corrected chi connectivity index (χ2v) is 5.01. The number of carbonyl (C=O) groups is 1. The van der Waals surface area contributed by atoms with Crippen molar-refractivity contribution < 1.29 is 9.53 Å². The number of nitrogens with two attached hydrogens (primary N) is 1. The van der Waals surface area contributed by atoms with Crippen molar-refractivity contribution in [1.82, 2.24) is 0 Å². The second-order valence-electron chi connectivity index (χ2n) is 5.01. The van der Waals surface area contributed by atoms with Gasteiger partial charge in [0.2, 0.25) is 0 Å². The van der Waals surface area contributed by atoms with E-state index >= 15 is 0 Å². The highest BCUT2D eigenvalue weighted by Crippen LogP contribution is 2.07. The predicted molar refractivity (Wildman–Crippen MR) is 73.2 cm³/mol. The van der Waals surface area contributed by atoms with E-state index in [2.05, 4.69) is 12.1 Å². The molecular weight excluding hydrogens is 226 g/mol. The summed E-state index contributed by atoms with van der Waals surface area (Å²) in [7, 11) is 0. The third kappa shape index (κ3) is 5.82. The highest BCUT2D eigenvalue weighted by Gasteiger charge is 2.14. The molecule has 1 atom stereocenters. The summed E-state index contributed by atoms with van der Waals surface area (Å²) in [5, 5.41) is 0. The molecule has 0 aliphatic rings. The van der Waals surface area contributed by atoms with E-state index in [1.165, 1.54) is 5.56 Å². The van der Waals surface area contributed by atoms with Crippen molar-refractivity contribution >= 4 is 5.97 Å². The largest absolute Gasteiger partial charge is 0.464 e. The lowest BCUT2D eigenvalue weighted by molar-refractivity contribution is -0.146. The van der Waals surface area contributed by atoms with Crippen LogP contribution >= 0.6 is 0 Å². The third-order valence-corrected chi connectivity index (χ3v) is 2.69. The van der Waals surface area contributed by atoms with Crippen molar-refractivity contribution in [2.45, 2.75) is 39.2 Å². The highest BCUT2D eigenvalue weighted by atomic mass is 16.5. The summed E-state index contributed by atoms with van der Waals surface area (Å²) in [5.41, 5.74) is 7.07. The van der Waals surface area contributed by atoms with Crippen LogP contribution in [-0.2, 0) is 16.0 Å². The maximum absolute atomic E-state index is 11.5. The average Bonchev–Trinajstić information content (AvgIpc) is 2.37. The molecule has 2 N–H and O–H groups in total. The molecule has 0 fully saturated rings. The van der Waals surface area contributed by atoms with Crippen molar-refractivity contribution in [3.8, 4) is 0 Å². The average molecular weight is 249 g/mol. The lowest BCUT2D eigenvalue weighted by Gasteiger charge is -2.12. The van der Waals surface area contributed by atoms with Gasteiger partial charge in [-0.15, -0.1) is 0 Å². The Balaban J connectivity index is 2.20. The molecule has 0 heterocycles. The molecule has 0 aliphatic carbocycles. The molecule has 0 bridgehead atoms. The van der Waals surface area contributed by atoms with Gasteiger partial charge in [0.1, 0.15) is 6.04 Å². The SMILES string of the molecule is CC(C)COC(=O)C(N)CCCc1ccccc1. The summed E-state index contributed by atoms with van der Waals surface area (Å²) in [5.74, 6) is 0.0715. The van der Waals surface area contributed by atoms with E-state index in [4.69, 9.17) is 10.5 Å². The molecule has 1 aromatic carbocycles. The first kappa shape index (κ1) is 14.7. The number of esters is 1. The van der Waals surface area contributed by atoms with Crippen LogP contribution < -0.4 is 5.73 Å². The molecule has 18 heavy (non-hydrogen) atoms. The van der Waals surface area contributed by atoms with Gasteiger partial charge in [0.15, 0.2) is 0 Å². The van der Waals surface area contributed by atoms with E-state index in [0.717, 1.165) is 12.8 Å². The van der Waals surface area contributed by atoms with Gasteiger partial charge in [-0.25, -0.2) is 0 Å². The highest BCUT2D eigenvalue weighted by molar-refractivity contribution is 5.75. The molecule has 0 spiro atoms. The molecule has 0 aromatic heterocycles. The summed E-state index contributed by atoms with van der Waals surface area (Å²) in [6.45, 7) is 4.47. The number of rotatable bonds is 7. The van der Waals surface area contributed by atoms with Gasteiger partial charge in [-0.2, -0.15) is 0 Å². The zero-order chi connectivity index (χ0) is 13.4. The first-order chi connectivity index (χ1) is 8.59. The first-order valence-electron chi connectivity index (χ1n) is 6.55. The van der Waals surface area contributed by atoms with Gasteiger partial charge in [0.05, 0.1) is 6.61 Å². The van der Waals surface area contributed by atoms with Crippen LogP contribution in [0.4, 0.5) is 0 Å². The molecule has 3 heteroatoms. The Morgan fingerprint density at radius 3 is 2.56 bits per heavy atom. The molecule has 0 radical (unpaired) electrons. The van der Waals surface area contributed by atoms with E-state index < -0.39 is 6.04 Å². The summed E-state index contributed by atoms with van der Waals surface area (Å²) in [4.78, 5) is 11.5. The van der Waals surface area contributed by atoms with Crippen molar-refractivity contribution in [3.63, 3.8) is 0 Å². The van der Waals surface area contributed by atoms with Crippen LogP contribution in [-0.4, -0.2) is 18.6 Å². The number of carbonyl (C=O) groups excluding carboxylic acids is 1. The quantitative estimate of drug-likeness (QED) is 0.755. The van der Waals surface area contributed by atoms with Gasteiger partial charge < -0.3 is 10.5 Å². The van der Waals surface area contributed by atoms with E-state index in [1.54, 1.807) is 0 Å². The fourth-order valence-corrected chi connectivity index (χ4v) is 1.64. The Morgan fingerprint density at radius 1 is 1.28 bits per heavy atom. The molecular formula is C15H23NO2. The molecule has 1 aromatic rings. The van der Waals surface area contributed by atoms with Gasteiger partial charge >= 0.3 is 5.97 Å². The first-order valence-corrected chi connectivity index (χ1v) is 6.55. The fourth-order valence-electron chi connectivity index (χ4n) is 1.64. The number of aryl methyl sites for hydroxylation is 1. The minimum absolute atomic E-state index is 0.281. The number of hydrogen-bond donors (Lipinski definition) is 1. The maximum Gasteiger partial charge on any atom is 0.322 e. The topological polar surface area (TPSA) is 52.3 Å². The molecule has 0 saturated heterocycles. The zero-order valence-corrected chi connectivity index (χ0v) is 11.3. The molecule has 0 aliphatic heterocycles. The Kier molecular flexibility index (Phi) is 6.44. The van der Waals surface area contributed by atoms with Crippen LogP contribution in [0.1, 0.15) is 32.3 Å². The van der Waals surface area contributed by atoms with Crippen molar-refractivity contribution in [2.75, 3.05) is 6.61 Å². The Labute approximate surface area is 109 Å². The van der Waals surface area contributed by atoms with Crippen LogP contribution in [0.3, 0.4) is 0 Å². The third-order valence-electron chi connectivity index (χ3n) is 2.69. The standard InChI is InChI=1S/C15H23NO2/c1-12(2)11-18-15(17)14(16)10-6-9-13-7-4-3-5-8-13/h3-5,7-8,12,14H,6,9-11,16H2,1-2H3. The number of benzene rings is 1. The Bertz CT molecular complexity index is 349. The molecule has 3 nitrogen and oxygen atoms in total. The molecule has 0 amide bonds. The van der Waals surface area contributed by atoms with Crippen LogP contribution in [0.2, 0.25) is 0 Å². The summed E-state index contributed by atoms with van der Waals surface area (Å²) in [6.07, 6.45) is 2.53. The van der Waals surface area contributed by atoms with Crippen LogP contribution in [0.5, 0.6) is 0 Å². The van der Waals surface area contributed by atoms with E-state index in [-0.39, 0.29) is 5.97 Å². The van der Waals surface area contributed by atoms with Gasteiger partial charge in [-0.05, 0) is 30.7 Å². The number of ether oxygens (including phenoxy) is 1. The van der Waals surface area contributed by atoms with E-state index in [0.29, 0.717) is 18.9 Å². The Hall–Kier alpha value is -1.35. The lowest BCUT2D eigenvalue weighted by Crippen LogP contribution is -2.33.